The predicted molar refractivity (Wildman–Crippen MR) is 62.6 cm³/mol. The summed E-state index contributed by atoms with van der Waals surface area (Å²) < 4.78 is 0. The Bertz CT molecular complexity index is 366. The van der Waals surface area contributed by atoms with Gasteiger partial charge in [0.15, 0.2) is 5.78 Å². The van der Waals surface area contributed by atoms with Crippen LogP contribution in [0.2, 0.25) is 0 Å². The number of thioether (sulfide) groups is 1. The molecule has 0 saturated heterocycles. The van der Waals surface area contributed by atoms with Gasteiger partial charge >= 0.3 is 0 Å². The zero-order valence-corrected chi connectivity index (χ0v) is 9.52. The van der Waals surface area contributed by atoms with Crippen molar-refractivity contribution in [3.63, 3.8) is 0 Å². The van der Waals surface area contributed by atoms with E-state index in [9.17, 15) is 4.79 Å². The predicted octanol–water partition coefficient (Wildman–Crippen LogP) is 3.40. The number of ketones is 1. The van der Waals surface area contributed by atoms with Crippen molar-refractivity contribution in [1.82, 2.24) is 0 Å². The largest absolute Gasteiger partial charge is 0.295 e. The van der Waals surface area contributed by atoms with Gasteiger partial charge in [-0.3, -0.25) is 4.79 Å². The molecule has 0 spiro atoms. The van der Waals surface area contributed by atoms with Crippen LogP contribution < -0.4 is 0 Å². The first kappa shape index (κ1) is 11.1. The smallest absolute Gasteiger partial charge is 0.160 e. The standard InChI is InChI=1S/C12H14OS/c1-4-10(9(2)13)11-7-5-6-8-12(11)14-3/h4-8H,1-3H3. The van der Waals surface area contributed by atoms with Crippen molar-refractivity contribution >= 4 is 23.1 Å². The fourth-order valence-electron chi connectivity index (χ4n) is 1.42. The summed E-state index contributed by atoms with van der Waals surface area (Å²) in [4.78, 5) is 12.5. The number of carbonyl (C=O) groups is 1. The Kier molecular flexibility index (Phi) is 3.96. The number of Topliss-reactive ketones (excluding diaryl/α,β-unsaturated/α-hetero) is 1. The number of benzene rings is 1. The first-order valence-electron chi connectivity index (χ1n) is 4.51. The van der Waals surface area contributed by atoms with E-state index in [4.69, 9.17) is 0 Å². The molecular weight excluding hydrogens is 192 g/mol. The quantitative estimate of drug-likeness (QED) is 0.557. The van der Waals surface area contributed by atoms with Crippen molar-refractivity contribution in [2.75, 3.05) is 6.26 Å². The molecule has 0 atom stereocenters. The molecule has 0 fully saturated rings. The number of rotatable bonds is 3. The van der Waals surface area contributed by atoms with E-state index in [-0.39, 0.29) is 5.78 Å². The molecule has 2 heteroatoms. The van der Waals surface area contributed by atoms with Gasteiger partial charge in [-0.15, -0.1) is 11.8 Å². The van der Waals surface area contributed by atoms with Crippen LogP contribution in [0.25, 0.3) is 5.57 Å². The molecule has 0 heterocycles. The lowest BCUT2D eigenvalue weighted by Crippen LogP contribution is -1.96. The lowest BCUT2D eigenvalue weighted by molar-refractivity contribution is -0.111. The Morgan fingerprint density at radius 3 is 2.50 bits per heavy atom. The number of hydrogen-bond acceptors (Lipinski definition) is 2. The number of hydrogen-bond donors (Lipinski definition) is 0. The second-order valence-electron chi connectivity index (χ2n) is 2.96. The molecule has 0 N–H and O–H groups in total. The third-order valence-electron chi connectivity index (χ3n) is 2.07. The van der Waals surface area contributed by atoms with Crippen LogP contribution >= 0.6 is 11.8 Å². The van der Waals surface area contributed by atoms with Crippen LogP contribution in [0, 0.1) is 0 Å². The maximum Gasteiger partial charge on any atom is 0.160 e. The molecule has 0 saturated carbocycles. The van der Waals surface area contributed by atoms with E-state index in [2.05, 4.69) is 0 Å². The molecule has 1 aromatic rings. The van der Waals surface area contributed by atoms with E-state index in [1.165, 1.54) is 0 Å². The van der Waals surface area contributed by atoms with Crippen molar-refractivity contribution in [2.45, 2.75) is 18.7 Å². The molecule has 74 valence electrons. The summed E-state index contributed by atoms with van der Waals surface area (Å²) >= 11 is 1.66. The maximum atomic E-state index is 11.4. The van der Waals surface area contributed by atoms with E-state index < -0.39 is 0 Å². The molecule has 0 aliphatic rings. The van der Waals surface area contributed by atoms with Gasteiger partial charge in [0.05, 0.1) is 0 Å². The average molecular weight is 206 g/mol. The highest BCUT2D eigenvalue weighted by atomic mass is 32.2. The molecule has 0 radical (unpaired) electrons. The Morgan fingerprint density at radius 2 is 2.00 bits per heavy atom. The van der Waals surface area contributed by atoms with Gasteiger partial charge in [-0.25, -0.2) is 0 Å². The molecule has 0 aliphatic carbocycles. The zero-order chi connectivity index (χ0) is 10.6. The minimum Gasteiger partial charge on any atom is -0.295 e. The second-order valence-corrected chi connectivity index (χ2v) is 3.81. The summed E-state index contributed by atoms with van der Waals surface area (Å²) in [7, 11) is 0. The van der Waals surface area contributed by atoms with Crippen LogP contribution in [0.3, 0.4) is 0 Å². The topological polar surface area (TPSA) is 17.1 Å². The van der Waals surface area contributed by atoms with Gasteiger partial charge in [-0.05, 0) is 31.7 Å². The lowest BCUT2D eigenvalue weighted by atomic mass is 10.0. The van der Waals surface area contributed by atoms with Gasteiger partial charge in [0.1, 0.15) is 0 Å². The highest BCUT2D eigenvalue weighted by Crippen LogP contribution is 2.26. The summed E-state index contributed by atoms with van der Waals surface area (Å²) in [5.74, 6) is 0.119. The van der Waals surface area contributed by atoms with Crippen molar-refractivity contribution in [1.29, 1.82) is 0 Å². The van der Waals surface area contributed by atoms with Gasteiger partial charge in [-0.2, -0.15) is 0 Å². The summed E-state index contributed by atoms with van der Waals surface area (Å²) in [6, 6.07) is 7.97. The maximum absolute atomic E-state index is 11.4. The van der Waals surface area contributed by atoms with Crippen LogP contribution in [-0.2, 0) is 4.79 Å². The fourth-order valence-corrected chi connectivity index (χ4v) is 2.03. The molecule has 0 unspecified atom stereocenters. The Labute approximate surface area is 89.2 Å². The van der Waals surface area contributed by atoms with Crippen molar-refractivity contribution in [3.05, 3.63) is 35.9 Å². The van der Waals surface area contributed by atoms with Crippen LogP contribution in [0.5, 0.6) is 0 Å². The first-order valence-corrected chi connectivity index (χ1v) is 5.73. The van der Waals surface area contributed by atoms with Crippen LogP contribution in [-0.4, -0.2) is 12.0 Å². The van der Waals surface area contributed by atoms with E-state index in [0.717, 1.165) is 16.0 Å². The molecule has 0 aliphatic heterocycles. The van der Waals surface area contributed by atoms with Crippen LogP contribution in [0.15, 0.2) is 35.2 Å². The zero-order valence-electron chi connectivity index (χ0n) is 8.70. The minimum absolute atomic E-state index is 0.119. The van der Waals surface area contributed by atoms with Crippen LogP contribution in [0.1, 0.15) is 19.4 Å². The number of allylic oxidation sites excluding steroid dienone is 2. The fraction of sp³-hybridized carbons (Fsp3) is 0.250. The minimum atomic E-state index is 0.119. The third-order valence-corrected chi connectivity index (χ3v) is 2.86. The monoisotopic (exact) mass is 206 g/mol. The summed E-state index contributed by atoms with van der Waals surface area (Å²) in [5.41, 5.74) is 1.84. The highest BCUT2D eigenvalue weighted by molar-refractivity contribution is 7.98. The Hall–Kier alpha value is -1.02. The molecule has 1 nitrogen and oxygen atoms in total. The molecule has 14 heavy (non-hydrogen) atoms. The lowest BCUT2D eigenvalue weighted by Gasteiger charge is -2.07. The molecule has 1 rings (SSSR count). The van der Waals surface area contributed by atoms with Crippen molar-refractivity contribution in [2.24, 2.45) is 0 Å². The van der Waals surface area contributed by atoms with Gasteiger partial charge in [-0.1, -0.05) is 24.3 Å². The molecule has 0 bridgehead atoms. The second kappa shape index (κ2) is 5.01. The summed E-state index contributed by atoms with van der Waals surface area (Å²) in [5, 5.41) is 0. The molecule has 0 aromatic heterocycles. The van der Waals surface area contributed by atoms with Gasteiger partial charge in [0.2, 0.25) is 0 Å². The van der Waals surface area contributed by atoms with E-state index in [1.807, 2.05) is 43.5 Å². The highest BCUT2D eigenvalue weighted by Gasteiger charge is 2.09. The van der Waals surface area contributed by atoms with Crippen molar-refractivity contribution < 1.29 is 4.79 Å². The number of carbonyl (C=O) groups excluding carboxylic acids is 1. The first-order chi connectivity index (χ1) is 6.70. The van der Waals surface area contributed by atoms with E-state index in [0.29, 0.717) is 0 Å². The Balaban J connectivity index is 3.23. The van der Waals surface area contributed by atoms with Gasteiger partial charge < -0.3 is 0 Å². The SMILES string of the molecule is CC=C(C(C)=O)c1ccccc1SC. The molecule has 0 amide bonds. The molecule has 1 aromatic carbocycles. The van der Waals surface area contributed by atoms with Crippen LogP contribution in [0.4, 0.5) is 0 Å². The summed E-state index contributed by atoms with van der Waals surface area (Å²) in [6.07, 6.45) is 3.89. The third kappa shape index (κ3) is 2.26. The van der Waals surface area contributed by atoms with Gasteiger partial charge in [0, 0.05) is 10.5 Å². The Morgan fingerprint density at radius 1 is 1.36 bits per heavy atom. The van der Waals surface area contributed by atoms with Gasteiger partial charge in [0.25, 0.3) is 0 Å². The van der Waals surface area contributed by atoms with E-state index in [1.54, 1.807) is 18.7 Å². The van der Waals surface area contributed by atoms with Crippen molar-refractivity contribution in [3.8, 4) is 0 Å². The van der Waals surface area contributed by atoms with E-state index >= 15 is 0 Å². The average Bonchev–Trinajstić information content (AvgIpc) is 2.19. The molecular formula is C12H14OS. The normalized spacial score (nSPS) is 11.5. The summed E-state index contributed by atoms with van der Waals surface area (Å²) in [6.45, 7) is 3.50.